The molecule has 0 saturated carbocycles. The number of carbonyl (C=O) groups is 1. The molecule has 0 radical (unpaired) electrons. The monoisotopic (exact) mass is 333 g/mol. The van der Waals surface area contributed by atoms with Crippen LogP contribution in [0.4, 0.5) is 5.69 Å². The van der Waals surface area contributed by atoms with Crippen LogP contribution in [-0.4, -0.2) is 44.7 Å². The van der Waals surface area contributed by atoms with Gasteiger partial charge in [-0.05, 0) is 14.0 Å². The second kappa shape index (κ2) is 9.80. The maximum atomic E-state index is 12.1. The standard InChI is InChI=1S/C13H19N3O5.ClH/c1-4-21-12-7-9(13(17)15-6-5-14-2)10(16(18)19)8-11(12)20-3;/h7-8,14H,4-6H2,1-3H3,(H,15,17);1H. The van der Waals surface area contributed by atoms with E-state index in [1.807, 2.05) is 0 Å². The zero-order valence-corrected chi connectivity index (χ0v) is 13.5. The summed E-state index contributed by atoms with van der Waals surface area (Å²) in [4.78, 5) is 22.6. The van der Waals surface area contributed by atoms with Crippen LogP contribution < -0.4 is 20.1 Å². The molecule has 124 valence electrons. The average molecular weight is 334 g/mol. The van der Waals surface area contributed by atoms with E-state index >= 15 is 0 Å². The number of hydrogen-bond donors (Lipinski definition) is 2. The molecule has 0 aromatic heterocycles. The number of likely N-dealkylation sites (N-methyl/N-ethyl adjacent to an activating group) is 1. The van der Waals surface area contributed by atoms with E-state index in [4.69, 9.17) is 9.47 Å². The molecule has 2 N–H and O–H groups in total. The van der Waals surface area contributed by atoms with Crippen molar-refractivity contribution in [1.82, 2.24) is 10.6 Å². The van der Waals surface area contributed by atoms with Crippen LogP contribution in [0.3, 0.4) is 0 Å². The Morgan fingerprint density at radius 2 is 2.00 bits per heavy atom. The predicted molar refractivity (Wildman–Crippen MR) is 84.3 cm³/mol. The largest absolute Gasteiger partial charge is 0.493 e. The summed E-state index contributed by atoms with van der Waals surface area (Å²) in [7, 11) is 3.13. The highest BCUT2D eigenvalue weighted by Crippen LogP contribution is 2.34. The third-order valence-corrected chi connectivity index (χ3v) is 2.68. The number of nitro groups is 1. The highest BCUT2D eigenvalue weighted by molar-refractivity contribution is 5.99. The van der Waals surface area contributed by atoms with E-state index < -0.39 is 10.8 Å². The summed E-state index contributed by atoms with van der Waals surface area (Å²) in [6.07, 6.45) is 0. The van der Waals surface area contributed by atoms with Crippen LogP contribution >= 0.6 is 12.4 Å². The summed E-state index contributed by atoms with van der Waals surface area (Å²) >= 11 is 0. The van der Waals surface area contributed by atoms with Gasteiger partial charge in [-0.3, -0.25) is 14.9 Å². The summed E-state index contributed by atoms with van der Waals surface area (Å²) in [5.74, 6) is -0.0137. The number of carbonyl (C=O) groups excluding carboxylic acids is 1. The van der Waals surface area contributed by atoms with Crippen LogP contribution in [-0.2, 0) is 0 Å². The summed E-state index contributed by atoms with van der Waals surface area (Å²) in [5, 5.41) is 16.6. The van der Waals surface area contributed by atoms with Crippen LogP contribution in [0.5, 0.6) is 11.5 Å². The van der Waals surface area contributed by atoms with Crippen molar-refractivity contribution in [2.45, 2.75) is 6.92 Å². The molecule has 0 aliphatic rings. The van der Waals surface area contributed by atoms with Gasteiger partial charge in [-0.25, -0.2) is 0 Å². The van der Waals surface area contributed by atoms with E-state index in [1.165, 1.54) is 19.2 Å². The van der Waals surface area contributed by atoms with Gasteiger partial charge in [0, 0.05) is 19.2 Å². The molecule has 1 amide bonds. The first-order chi connectivity index (χ1) is 10.0. The molecule has 0 aliphatic heterocycles. The Morgan fingerprint density at radius 3 is 2.50 bits per heavy atom. The zero-order chi connectivity index (χ0) is 15.8. The Bertz CT molecular complexity index is 525. The molecule has 8 nitrogen and oxygen atoms in total. The van der Waals surface area contributed by atoms with Crippen molar-refractivity contribution in [3.05, 3.63) is 27.8 Å². The second-order valence-electron chi connectivity index (χ2n) is 4.07. The molecule has 0 fully saturated rings. The van der Waals surface area contributed by atoms with E-state index in [9.17, 15) is 14.9 Å². The molecule has 22 heavy (non-hydrogen) atoms. The molecule has 0 atom stereocenters. The molecule has 1 aromatic rings. The Kier molecular flexibility index (Phi) is 8.88. The molecule has 0 bridgehead atoms. The van der Waals surface area contributed by atoms with Gasteiger partial charge in [0.25, 0.3) is 11.6 Å². The lowest BCUT2D eigenvalue weighted by Crippen LogP contribution is -2.30. The molecular formula is C13H20ClN3O5. The Labute approximate surface area is 134 Å². The summed E-state index contributed by atoms with van der Waals surface area (Å²) in [5.41, 5.74) is -0.377. The van der Waals surface area contributed by atoms with Crippen molar-refractivity contribution in [2.75, 3.05) is 33.9 Å². The normalized spacial score (nSPS) is 9.59. The van der Waals surface area contributed by atoms with Crippen molar-refractivity contribution >= 4 is 24.0 Å². The number of hydrogen-bond acceptors (Lipinski definition) is 6. The van der Waals surface area contributed by atoms with Gasteiger partial charge in [-0.2, -0.15) is 0 Å². The predicted octanol–water partition coefficient (Wildman–Crippen LogP) is 1.37. The van der Waals surface area contributed by atoms with Crippen LogP contribution in [0.15, 0.2) is 12.1 Å². The molecule has 9 heteroatoms. The molecule has 1 aromatic carbocycles. The number of ether oxygens (including phenoxy) is 2. The minimum absolute atomic E-state index is 0. The van der Waals surface area contributed by atoms with E-state index in [0.29, 0.717) is 25.4 Å². The number of nitrogens with one attached hydrogen (secondary N) is 2. The fourth-order valence-corrected chi connectivity index (χ4v) is 1.71. The topological polar surface area (TPSA) is 103 Å². The lowest BCUT2D eigenvalue weighted by atomic mass is 10.1. The number of nitro benzene ring substituents is 1. The maximum Gasteiger partial charge on any atom is 0.286 e. The van der Waals surface area contributed by atoms with E-state index in [2.05, 4.69) is 10.6 Å². The van der Waals surface area contributed by atoms with Crippen LogP contribution in [0.1, 0.15) is 17.3 Å². The average Bonchev–Trinajstić information content (AvgIpc) is 2.47. The Balaban J connectivity index is 0.00000441. The first kappa shape index (κ1) is 19.9. The quantitative estimate of drug-likeness (QED) is 0.423. The molecule has 0 aliphatic carbocycles. The number of methoxy groups -OCH3 is 1. The minimum Gasteiger partial charge on any atom is -0.493 e. The molecular weight excluding hydrogens is 314 g/mol. The van der Waals surface area contributed by atoms with Crippen LogP contribution in [0.2, 0.25) is 0 Å². The van der Waals surface area contributed by atoms with E-state index in [0.717, 1.165) is 0 Å². The summed E-state index contributed by atoms with van der Waals surface area (Å²) in [6, 6.07) is 2.52. The van der Waals surface area contributed by atoms with Crippen molar-refractivity contribution in [2.24, 2.45) is 0 Å². The van der Waals surface area contributed by atoms with Gasteiger partial charge in [0.05, 0.1) is 24.7 Å². The minimum atomic E-state index is -0.620. The van der Waals surface area contributed by atoms with Gasteiger partial charge in [0.15, 0.2) is 11.5 Å². The van der Waals surface area contributed by atoms with Crippen LogP contribution in [0.25, 0.3) is 0 Å². The zero-order valence-electron chi connectivity index (χ0n) is 12.7. The highest BCUT2D eigenvalue weighted by Gasteiger charge is 2.24. The molecule has 0 unspecified atom stereocenters. The van der Waals surface area contributed by atoms with Crippen molar-refractivity contribution in [3.8, 4) is 11.5 Å². The van der Waals surface area contributed by atoms with Gasteiger partial charge in [-0.1, -0.05) is 0 Å². The number of halogens is 1. The number of amides is 1. The fraction of sp³-hybridized carbons (Fsp3) is 0.462. The van der Waals surface area contributed by atoms with Gasteiger partial charge in [0.1, 0.15) is 5.56 Å². The smallest absolute Gasteiger partial charge is 0.286 e. The Hall–Kier alpha value is -2.06. The maximum absolute atomic E-state index is 12.1. The number of rotatable bonds is 8. The van der Waals surface area contributed by atoms with Gasteiger partial charge >= 0.3 is 0 Å². The molecule has 0 saturated heterocycles. The second-order valence-corrected chi connectivity index (χ2v) is 4.07. The summed E-state index contributed by atoms with van der Waals surface area (Å²) in [6.45, 7) is 3.05. The fourth-order valence-electron chi connectivity index (χ4n) is 1.71. The van der Waals surface area contributed by atoms with Crippen LogP contribution in [0, 0.1) is 10.1 Å². The van der Waals surface area contributed by atoms with Crippen molar-refractivity contribution in [1.29, 1.82) is 0 Å². The lowest BCUT2D eigenvalue weighted by Gasteiger charge is -2.12. The number of nitrogens with zero attached hydrogens (tertiary/aromatic N) is 1. The summed E-state index contributed by atoms with van der Waals surface area (Å²) < 4.78 is 10.4. The van der Waals surface area contributed by atoms with Crippen molar-refractivity contribution in [3.63, 3.8) is 0 Å². The van der Waals surface area contributed by atoms with Gasteiger partial charge in [0.2, 0.25) is 0 Å². The lowest BCUT2D eigenvalue weighted by molar-refractivity contribution is -0.385. The Morgan fingerprint density at radius 1 is 1.32 bits per heavy atom. The first-order valence-corrected chi connectivity index (χ1v) is 6.47. The highest BCUT2D eigenvalue weighted by atomic mass is 35.5. The first-order valence-electron chi connectivity index (χ1n) is 6.47. The van der Waals surface area contributed by atoms with Gasteiger partial charge in [-0.15, -0.1) is 12.4 Å². The molecule has 0 spiro atoms. The van der Waals surface area contributed by atoms with Crippen molar-refractivity contribution < 1.29 is 19.2 Å². The molecule has 0 heterocycles. The third kappa shape index (κ3) is 5.05. The number of benzene rings is 1. The third-order valence-electron chi connectivity index (χ3n) is 2.68. The van der Waals surface area contributed by atoms with E-state index in [-0.39, 0.29) is 29.4 Å². The SMILES string of the molecule is CCOc1cc(C(=O)NCCNC)c([N+](=O)[O-])cc1OC.Cl. The van der Waals surface area contributed by atoms with E-state index in [1.54, 1.807) is 14.0 Å². The molecule has 1 rings (SSSR count). The van der Waals surface area contributed by atoms with Gasteiger partial charge < -0.3 is 20.1 Å².